The summed E-state index contributed by atoms with van der Waals surface area (Å²) in [4.78, 5) is 15.5. The zero-order chi connectivity index (χ0) is 20.4. The average molecular weight is 410 g/mol. The average Bonchev–Trinajstić information content (AvgIpc) is 3.15. The van der Waals surface area contributed by atoms with Gasteiger partial charge < -0.3 is 29.0 Å². The number of ether oxygens (including phenoxy) is 3. The Labute approximate surface area is 175 Å². The number of rotatable bonds is 2. The largest absolute Gasteiger partial charge is 0.632 e. The standard InChI is InChI=1S/C23H26N2O5/c1-28-16-8-14-15(9-17(16)29-2)24-20(26)10-18-21-13-7-19-23(14,22(21)24)4-5-25(19,27)11-12(13)3-6-30-18/h3,8-9,13,18-19,21-22H,4-7,10-11H2,1-2H3/t13-,18-,19-,21-,22-,23+,25?/m0/s1. The highest BCUT2D eigenvalue weighted by atomic mass is 16.6. The first-order valence-electron chi connectivity index (χ1n) is 11.0. The van der Waals surface area contributed by atoms with Gasteiger partial charge in [-0.25, -0.2) is 0 Å². The van der Waals surface area contributed by atoms with Gasteiger partial charge in [-0.2, -0.15) is 0 Å². The molecular formula is C23H26N2O5. The van der Waals surface area contributed by atoms with Crippen molar-refractivity contribution in [2.45, 2.75) is 42.9 Å². The van der Waals surface area contributed by atoms with E-state index < -0.39 is 0 Å². The number of hydrogen-bond donors (Lipinski definition) is 0. The topological polar surface area (TPSA) is 71.1 Å². The Bertz CT molecular complexity index is 1020. The number of hydroxylamine groups is 3. The van der Waals surface area contributed by atoms with Gasteiger partial charge in [-0.3, -0.25) is 4.79 Å². The van der Waals surface area contributed by atoms with E-state index >= 15 is 0 Å². The molecule has 7 rings (SSSR count). The van der Waals surface area contributed by atoms with Crippen LogP contribution in [0.15, 0.2) is 23.8 Å². The Morgan fingerprint density at radius 1 is 1.27 bits per heavy atom. The Morgan fingerprint density at radius 3 is 2.87 bits per heavy atom. The number of methoxy groups -OCH3 is 2. The molecule has 5 aliphatic heterocycles. The normalized spacial score (nSPS) is 44.4. The highest BCUT2D eigenvalue weighted by molar-refractivity contribution is 5.99. The summed E-state index contributed by atoms with van der Waals surface area (Å²) in [5.41, 5.74) is 2.96. The van der Waals surface area contributed by atoms with Gasteiger partial charge in [0, 0.05) is 24.8 Å². The van der Waals surface area contributed by atoms with Crippen LogP contribution in [-0.4, -0.2) is 62.7 Å². The van der Waals surface area contributed by atoms with Crippen LogP contribution < -0.4 is 14.4 Å². The maximum atomic E-state index is 14.1. The molecule has 0 radical (unpaired) electrons. The van der Waals surface area contributed by atoms with Crippen molar-refractivity contribution >= 4 is 11.6 Å². The molecule has 1 aromatic rings. The van der Waals surface area contributed by atoms with Crippen molar-refractivity contribution in [1.82, 2.24) is 0 Å². The van der Waals surface area contributed by atoms with E-state index in [1.165, 1.54) is 5.57 Å². The molecule has 2 bridgehead atoms. The molecule has 1 amide bonds. The molecule has 30 heavy (non-hydrogen) atoms. The summed E-state index contributed by atoms with van der Waals surface area (Å²) in [5.74, 6) is 1.98. The Kier molecular flexibility index (Phi) is 3.16. The lowest BCUT2D eigenvalue weighted by Gasteiger charge is -2.61. The minimum Gasteiger partial charge on any atom is -0.632 e. The maximum Gasteiger partial charge on any atom is 0.229 e. The van der Waals surface area contributed by atoms with E-state index in [1.54, 1.807) is 14.2 Å². The zero-order valence-electron chi connectivity index (χ0n) is 17.3. The number of carbonyl (C=O) groups is 1. The molecule has 0 N–H and O–H groups in total. The summed E-state index contributed by atoms with van der Waals surface area (Å²) in [5, 5.41) is 14.1. The second kappa shape index (κ2) is 5.39. The number of carbonyl (C=O) groups excluding carboxylic acids is 1. The van der Waals surface area contributed by atoms with Crippen molar-refractivity contribution in [2.24, 2.45) is 11.8 Å². The van der Waals surface area contributed by atoms with Gasteiger partial charge in [-0.05, 0) is 23.1 Å². The van der Waals surface area contributed by atoms with Crippen molar-refractivity contribution in [2.75, 3.05) is 38.8 Å². The van der Waals surface area contributed by atoms with E-state index in [9.17, 15) is 10.0 Å². The molecule has 7 nitrogen and oxygen atoms in total. The Morgan fingerprint density at radius 2 is 2.07 bits per heavy atom. The number of benzene rings is 1. The molecule has 1 spiro atoms. The summed E-state index contributed by atoms with van der Waals surface area (Å²) in [6, 6.07) is 3.96. The summed E-state index contributed by atoms with van der Waals surface area (Å²) in [7, 11) is 3.26. The van der Waals surface area contributed by atoms with Crippen LogP contribution in [-0.2, 0) is 14.9 Å². The fourth-order valence-corrected chi connectivity index (χ4v) is 8.13. The fourth-order valence-electron chi connectivity index (χ4n) is 8.13. The van der Waals surface area contributed by atoms with Crippen LogP contribution in [0.25, 0.3) is 0 Å². The molecule has 1 aromatic carbocycles. The summed E-state index contributed by atoms with van der Waals surface area (Å²) in [6.07, 6.45) is 4.18. The van der Waals surface area contributed by atoms with Crippen LogP contribution >= 0.6 is 0 Å². The first-order chi connectivity index (χ1) is 14.5. The minimum atomic E-state index is -0.328. The number of amides is 1. The third-order valence-corrected chi connectivity index (χ3v) is 9.10. The molecule has 7 heteroatoms. The van der Waals surface area contributed by atoms with Crippen LogP contribution in [0.5, 0.6) is 11.5 Å². The van der Waals surface area contributed by atoms with E-state index in [0.717, 1.165) is 24.1 Å². The molecule has 1 unspecified atom stereocenters. The van der Waals surface area contributed by atoms with Crippen LogP contribution in [0.1, 0.15) is 24.8 Å². The third kappa shape index (κ3) is 1.75. The van der Waals surface area contributed by atoms with Crippen LogP contribution in [0.3, 0.4) is 0 Å². The molecule has 1 aliphatic carbocycles. The smallest absolute Gasteiger partial charge is 0.229 e. The molecule has 3 saturated heterocycles. The molecule has 1 saturated carbocycles. The molecular weight excluding hydrogens is 384 g/mol. The summed E-state index contributed by atoms with van der Waals surface area (Å²) in [6.45, 7) is 1.70. The first-order valence-corrected chi connectivity index (χ1v) is 11.0. The highest BCUT2D eigenvalue weighted by Gasteiger charge is 2.74. The summed E-state index contributed by atoms with van der Waals surface area (Å²) < 4.78 is 17.3. The number of nitrogens with zero attached hydrogens (tertiary/aromatic N) is 2. The van der Waals surface area contributed by atoms with E-state index in [-0.39, 0.29) is 40.1 Å². The van der Waals surface area contributed by atoms with Gasteiger partial charge in [0.05, 0.1) is 57.0 Å². The number of fused-ring (bicyclic) bond motifs is 2. The van der Waals surface area contributed by atoms with E-state index in [4.69, 9.17) is 14.2 Å². The van der Waals surface area contributed by atoms with Crippen molar-refractivity contribution in [3.05, 3.63) is 34.6 Å². The van der Waals surface area contributed by atoms with Gasteiger partial charge in [0.15, 0.2) is 11.5 Å². The van der Waals surface area contributed by atoms with Gasteiger partial charge in [-0.1, -0.05) is 6.08 Å². The van der Waals surface area contributed by atoms with Crippen molar-refractivity contribution in [3.63, 3.8) is 0 Å². The lowest BCUT2D eigenvalue weighted by atomic mass is 9.53. The van der Waals surface area contributed by atoms with Gasteiger partial charge in [0.1, 0.15) is 12.6 Å². The van der Waals surface area contributed by atoms with Crippen LogP contribution in [0.2, 0.25) is 0 Å². The molecule has 158 valence electrons. The molecule has 6 aliphatic rings. The molecule has 5 heterocycles. The van der Waals surface area contributed by atoms with E-state index in [1.807, 2.05) is 17.0 Å². The Hall–Kier alpha value is -2.09. The molecule has 4 fully saturated rings. The highest BCUT2D eigenvalue weighted by Crippen LogP contribution is 2.68. The fraction of sp³-hybridized carbons (Fsp3) is 0.609. The van der Waals surface area contributed by atoms with Gasteiger partial charge in [0.2, 0.25) is 5.91 Å². The van der Waals surface area contributed by atoms with Crippen LogP contribution in [0.4, 0.5) is 5.69 Å². The number of anilines is 1. The minimum absolute atomic E-state index is 0.0185. The predicted molar refractivity (Wildman–Crippen MR) is 108 cm³/mol. The third-order valence-electron chi connectivity index (χ3n) is 9.10. The monoisotopic (exact) mass is 410 g/mol. The van der Waals surface area contributed by atoms with Crippen molar-refractivity contribution in [1.29, 1.82) is 0 Å². The SMILES string of the molecule is COc1cc2c(cc1OC)[C@@]13CC[N+]4([O-])CC5=CCO[C@H]6CC(=O)N2[C@H]1[C@H]6[C@H]5C[C@@H]34. The van der Waals surface area contributed by atoms with Gasteiger partial charge in [-0.15, -0.1) is 0 Å². The van der Waals surface area contributed by atoms with Crippen molar-refractivity contribution < 1.29 is 23.7 Å². The van der Waals surface area contributed by atoms with Gasteiger partial charge >= 0.3 is 0 Å². The number of quaternary nitrogens is 1. The zero-order valence-corrected chi connectivity index (χ0v) is 17.3. The van der Waals surface area contributed by atoms with E-state index in [2.05, 4.69) is 6.08 Å². The summed E-state index contributed by atoms with van der Waals surface area (Å²) >= 11 is 0. The van der Waals surface area contributed by atoms with Crippen LogP contribution in [0, 0.1) is 17.0 Å². The molecule has 7 atom stereocenters. The first kappa shape index (κ1) is 17.6. The lowest BCUT2D eigenvalue weighted by molar-refractivity contribution is -0.896. The number of piperidine rings is 2. The Balaban J connectivity index is 1.54. The van der Waals surface area contributed by atoms with Gasteiger partial charge in [0.25, 0.3) is 0 Å². The number of hydrogen-bond acceptors (Lipinski definition) is 5. The quantitative estimate of drug-likeness (QED) is 0.424. The second-order valence-corrected chi connectivity index (χ2v) is 9.85. The second-order valence-electron chi connectivity index (χ2n) is 9.85. The van der Waals surface area contributed by atoms with E-state index in [0.29, 0.717) is 43.5 Å². The molecule has 0 aromatic heterocycles. The lowest BCUT2D eigenvalue weighted by Crippen LogP contribution is -2.71. The predicted octanol–water partition coefficient (Wildman–Crippen LogP) is 2.12. The maximum absolute atomic E-state index is 14.1. The van der Waals surface area contributed by atoms with Crippen molar-refractivity contribution in [3.8, 4) is 11.5 Å².